The van der Waals surface area contributed by atoms with Crippen LogP contribution < -0.4 is 10.1 Å². The summed E-state index contributed by atoms with van der Waals surface area (Å²) in [7, 11) is 0. The highest BCUT2D eigenvalue weighted by atomic mass is 16.5. The Hall–Kier alpha value is -2.89. The minimum Gasteiger partial charge on any atom is -0.493 e. The zero-order valence-corrected chi connectivity index (χ0v) is 15.5. The van der Waals surface area contributed by atoms with Gasteiger partial charge in [0.15, 0.2) is 0 Å². The third-order valence-electron chi connectivity index (χ3n) is 6.24. The number of amides is 1. The maximum Gasteiger partial charge on any atom is 0.337 e. The zero-order chi connectivity index (χ0) is 19.3. The molecular weight excluding hydrogens is 356 g/mol. The van der Waals surface area contributed by atoms with Gasteiger partial charge in [0.2, 0.25) is 5.91 Å². The van der Waals surface area contributed by atoms with Crippen molar-refractivity contribution in [1.29, 1.82) is 0 Å². The quantitative estimate of drug-likeness (QED) is 0.835. The van der Waals surface area contributed by atoms with E-state index >= 15 is 0 Å². The van der Waals surface area contributed by atoms with Crippen LogP contribution in [-0.4, -0.2) is 28.6 Å². The number of pyridine rings is 1. The number of hydrogen-bond acceptors (Lipinski definition) is 4. The summed E-state index contributed by atoms with van der Waals surface area (Å²) in [5, 5.41) is 12.3. The first kappa shape index (κ1) is 17.2. The lowest BCUT2D eigenvalue weighted by molar-refractivity contribution is -0.123. The highest BCUT2D eigenvalue weighted by Crippen LogP contribution is 2.60. The molecule has 1 aromatic carbocycles. The number of benzene rings is 1. The van der Waals surface area contributed by atoms with Gasteiger partial charge in [-0.25, -0.2) is 4.79 Å². The summed E-state index contributed by atoms with van der Waals surface area (Å²) < 4.78 is 5.74. The van der Waals surface area contributed by atoms with Crippen LogP contribution in [0.3, 0.4) is 0 Å². The lowest BCUT2D eigenvalue weighted by Crippen LogP contribution is -2.31. The van der Waals surface area contributed by atoms with Crippen molar-refractivity contribution in [3.8, 4) is 5.75 Å². The van der Waals surface area contributed by atoms with Gasteiger partial charge in [0.1, 0.15) is 5.75 Å². The first-order chi connectivity index (χ1) is 13.6. The van der Waals surface area contributed by atoms with Gasteiger partial charge in [0.25, 0.3) is 0 Å². The summed E-state index contributed by atoms with van der Waals surface area (Å²) in [4.78, 5) is 28.7. The third-order valence-corrected chi connectivity index (χ3v) is 6.24. The van der Waals surface area contributed by atoms with Gasteiger partial charge in [-0.15, -0.1) is 0 Å². The second kappa shape index (κ2) is 6.33. The maximum absolute atomic E-state index is 12.8. The number of hydrogen-bond donors (Lipinski definition) is 2. The number of carbonyl (C=O) groups is 2. The van der Waals surface area contributed by atoms with Gasteiger partial charge in [-0.1, -0.05) is 18.2 Å². The number of nitrogens with one attached hydrogen (secondary N) is 1. The highest BCUT2D eigenvalue weighted by Gasteiger charge is 2.60. The second-order valence-electron chi connectivity index (χ2n) is 8.04. The predicted molar refractivity (Wildman–Crippen MR) is 101 cm³/mol. The van der Waals surface area contributed by atoms with Crippen LogP contribution in [-0.2, 0) is 16.8 Å². The Morgan fingerprint density at radius 3 is 2.82 bits per heavy atom. The molecule has 2 heterocycles. The van der Waals surface area contributed by atoms with E-state index < -0.39 is 5.97 Å². The fourth-order valence-electron chi connectivity index (χ4n) is 4.47. The molecule has 28 heavy (non-hydrogen) atoms. The van der Waals surface area contributed by atoms with E-state index in [1.165, 1.54) is 0 Å². The van der Waals surface area contributed by atoms with E-state index in [9.17, 15) is 14.7 Å². The summed E-state index contributed by atoms with van der Waals surface area (Å²) in [6.07, 6.45) is 3.67. The van der Waals surface area contributed by atoms with Crippen molar-refractivity contribution in [3.63, 3.8) is 0 Å². The van der Waals surface area contributed by atoms with Crippen LogP contribution in [0, 0.1) is 5.92 Å². The topological polar surface area (TPSA) is 88.5 Å². The van der Waals surface area contributed by atoms with Crippen molar-refractivity contribution < 1.29 is 19.4 Å². The smallest absolute Gasteiger partial charge is 0.337 e. The van der Waals surface area contributed by atoms with Gasteiger partial charge in [-0.05, 0) is 43.9 Å². The lowest BCUT2D eigenvalue weighted by Gasteiger charge is -2.26. The molecule has 5 rings (SSSR count). The average Bonchev–Trinajstić information content (AvgIpc) is 3.62. The van der Waals surface area contributed by atoms with E-state index in [4.69, 9.17) is 4.74 Å². The zero-order valence-electron chi connectivity index (χ0n) is 15.5. The Kier molecular flexibility index (Phi) is 3.89. The fraction of sp³-hybridized carbons (Fsp3) is 0.409. The number of para-hydroxylation sites is 1. The number of aromatic nitrogens is 1. The van der Waals surface area contributed by atoms with E-state index in [1.54, 1.807) is 12.1 Å². The van der Waals surface area contributed by atoms with Gasteiger partial charge < -0.3 is 15.2 Å². The minimum atomic E-state index is -0.942. The van der Waals surface area contributed by atoms with Crippen molar-refractivity contribution in [2.24, 2.45) is 5.92 Å². The molecule has 2 N–H and O–H groups in total. The molecule has 0 unspecified atom stereocenters. The molecule has 1 aromatic heterocycles. The molecule has 144 valence electrons. The lowest BCUT2D eigenvalue weighted by atomic mass is 9.87. The maximum atomic E-state index is 12.8. The van der Waals surface area contributed by atoms with E-state index in [2.05, 4.69) is 16.4 Å². The summed E-state index contributed by atoms with van der Waals surface area (Å²) in [5.74, 6) is 0.187. The molecule has 6 nitrogen and oxygen atoms in total. The first-order valence-electron chi connectivity index (χ1n) is 9.81. The number of fused-ring (bicyclic) bond motifs is 2. The molecule has 0 radical (unpaired) electrons. The molecule has 2 aromatic rings. The molecule has 2 aliphatic carbocycles. The number of carboxylic acid groups (broad SMARTS) is 1. The van der Waals surface area contributed by atoms with Crippen LogP contribution in [0.5, 0.6) is 5.75 Å². The number of carbonyl (C=O) groups excluding carboxylic acids is 1. The number of rotatable bonds is 5. The Balaban J connectivity index is 1.28. The molecule has 1 spiro atoms. The number of nitrogens with zero attached hydrogens (tertiary/aromatic N) is 1. The monoisotopic (exact) mass is 378 g/mol. The highest BCUT2D eigenvalue weighted by molar-refractivity contribution is 5.89. The number of carboxylic acids is 1. The Morgan fingerprint density at radius 1 is 1.21 bits per heavy atom. The van der Waals surface area contributed by atoms with Gasteiger partial charge in [-0.3, -0.25) is 9.78 Å². The predicted octanol–water partition coefficient (Wildman–Crippen LogP) is 3.01. The largest absolute Gasteiger partial charge is 0.493 e. The normalized spacial score (nSPS) is 24.9. The van der Waals surface area contributed by atoms with Crippen molar-refractivity contribution in [3.05, 3.63) is 58.9 Å². The van der Waals surface area contributed by atoms with Gasteiger partial charge in [0, 0.05) is 22.8 Å². The number of aromatic carboxylic acids is 1. The van der Waals surface area contributed by atoms with Crippen molar-refractivity contribution >= 4 is 11.9 Å². The summed E-state index contributed by atoms with van der Waals surface area (Å²) >= 11 is 0. The molecular formula is C22H22N2O4. The molecule has 0 bridgehead atoms. The Morgan fingerprint density at radius 2 is 2.04 bits per heavy atom. The first-order valence-corrected chi connectivity index (χ1v) is 9.81. The molecule has 1 aliphatic heterocycles. The van der Waals surface area contributed by atoms with Crippen LogP contribution in [0.2, 0.25) is 0 Å². The molecule has 2 fully saturated rings. The van der Waals surface area contributed by atoms with Gasteiger partial charge >= 0.3 is 5.97 Å². The van der Waals surface area contributed by atoms with E-state index in [-0.39, 0.29) is 28.7 Å². The van der Waals surface area contributed by atoms with Crippen LogP contribution in [0.25, 0.3) is 0 Å². The Labute approximate surface area is 162 Å². The molecule has 3 aliphatic rings. The van der Waals surface area contributed by atoms with Crippen molar-refractivity contribution in [1.82, 2.24) is 10.3 Å². The molecule has 2 atom stereocenters. The third kappa shape index (κ3) is 2.84. The van der Waals surface area contributed by atoms with Crippen molar-refractivity contribution in [2.75, 3.05) is 6.61 Å². The van der Waals surface area contributed by atoms with E-state index in [1.807, 2.05) is 18.2 Å². The molecule has 2 saturated carbocycles. The molecule has 0 saturated heterocycles. The molecule has 6 heteroatoms. The minimum absolute atomic E-state index is 0.0359. The SMILES string of the molecule is O=C(O)c1ccc(CNC(=O)[C@@H]2C[C@]23CCOc2ccccc23)nc1C1CC1. The van der Waals surface area contributed by atoms with E-state index in [0.29, 0.717) is 24.5 Å². The summed E-state index contributed by atoms with van der Waals surface area (Å²) in [6.45, 7) is 0.965. The number of ether oxygens (including phenoxy) is 1. The fourth-order valence-corrected chi connectivity index (χ4v) is 4.47. The van der Waals surface area contributed by atoms with E-state index in [0.717, 1.165) is 37.0 Å². The summed E-state index contributed by atoms with van der Waals surface area (Å²) in [6, 6.07) is 11.3. The van der Waals surface area contributed by atoms with Crippen molar-refractivity contribution in [2.45, 2.75) is 43.6 Å². The standard InChI is InChI=1S/C22H22N2O4/c25-20(17-11-22(17)9-10-28-18-4-2-1-3-16(18)22)23-12-14-7-8-15(21(26)27)19(24-14)13-5-6-13/h1-4,7-8,13,17H,5-6,9-12H2,(H,23,25)(H,26,27)/t17-,22-/m0/s1. The molecule has 1 amide bonds. The second-order valence-corrected chi connectivity index (χ2v) is 8.04. The van der Waals surface area contributed by atoms with Crippen LogP contribution >= 0.6 is 0 Å². The van der Waals surface area contributed by atoms with Crippen LogP contribution in [0.4, 0.5) is 0 Å². The van der Waals surface area contributed by atoms with Gasteiger partial charge in [-0.2, -0.15) is 0 Å². The van der Waals surface area contributed by atoms with Gasteiger partial charge in [0.05, 0.1) is 30.1 Å². The Bertz CT molecular complexity index is 969. The van der Waals surface area contributed by atoms with Crippen LogP contribution in [0.15, 0.2) is 36.4 Å². The van der Waals surface area contributed by atoms with Crippen LogP contribution in [0.1, 0.15) is 58.9 Å². The summed E-state index contributed by atoms with van der Waals surface area (Å²) in [5.41, 5.74) is 2.68. The average molecular weight is 378 g/mol.